The van der Waals surface area contributed by atoms with Gasteiger partial charge in [0, 0.05) is 19.5 Å². The maximum atomic E-state index is 3.65. The zero-order chi connectivity index (χ0) is 12.5. The highest BCUT2D eigenvalue weighted by Crippen LogP contribution is 2.44. The molecule has 0 spiro atoms. The van der Waals surface area contributed by atoms with Crippen LogP contribution in [-0.2, 0) is 6.42 Å². The lowest BCUT2D eigenvalue weighted by molar-refractivity contribution is 0.576. The summed E-state index contributed by atoms with van der Waals surface area (Å²) in [7, 11) is 2.06. The van der Waals surface area contributed by atoms with E-state index in [0.717, 1.165) is 6.42 Å². The Balaban J connectivity index is 1.86. The second-order valence-electron chi connectivity index (χ2n) is 4.37. The molecule has 0 amide bonds. The van der Waals surface area contributed by atoms with E-state index in [-0.39, 0.29) is 0 Å². The van der Waals surface area contributed by atoms with Crippen LogP contribution < -0.4 is 5.32 Å². The molecule has 0 bridgehead atoms. The van der Waals surface area contributed by atoms with Crippen molar-refractivity contribution in [2.75, 3.05) is 7.05 Å². The first-order valence-corrected chi connectivity index (χ1v) is 8.49. The third kappa shape index (κ3) is 2.27. The van der Waals surface area contributed by atoms with E-state index in [1.165, 1.54) is 19.8 Å². The van der Waals surface area contributed by atoms with E-state index in [2.05, 4.69) is 64.0 Å². The van der Waals surface area contributed by atoms with Crippen molar-refractivity contribution in [3.8, 4) is 0 Å². The average Bonchev–Trinajstić information content (AvgIpc) is 2.97. The van der Waals surface area contributed by atoms with Crippen LogP contribution in [0, 0.1) is 0 Å². The Hall–Kier alpha value is -0.290. The minimum Gasteiger partial charge on any atom is -0.311 e. The molecule has 0 fully saturated rings. The van der Waals surface area contributed by atoms with Crippen molar-refractivity contribution >= 4 is 39.0 Å². The van der Waals surface area contributed by atoms with E-state index < -0.39 is 0 Å². The fourth-order valence-corrected chi connectivity index (χ4v) is 5.75. The smallest absolute Gasteiger partial charge is 0.0551 e. The Labute approximate surface area is 124 Å². The van der Waals surface area contributed by atoms with Gasteiger partial charge in [0.05, 0.1) is 6.04 Å². The Bertz CT molecular complexity index is 527. The number of thioether (sulfide) groups is 1. The molecule has 0 saturated heterocycles. The molecule has 94 valence electrons. The fourth-order valence-electron chi connectivity index (χ4n) is 2.41. The standard InChI is InChI=1S/C14H14BrNS2/c1-16-13(14-10(15)6-7-17-14)12-8-9-4-2-3-5-11(9)18-12/h2-7,12-13,16H,8H2,1H3. The van der Waals surface area contributed by atoms with Crippen molar-refractivity contribution < 1.29 is 0 Å². The second kappa shape index (κ2) is 5.37. The monoisotopic (exact) mass is 339 g/mol. The molecule has 1 nitrogen and oxygen atoms in total. The molecule has 2 unspecified atom stereocenters. The summed E-state index contributed by atoms with van der Waals surface area (Å²) in [6.07, 6.45) is 1.15. The van der Waals surface area contributed by atoms with Gasteiger partial charge in [0.15, 0.2) is 0 Å². The van der Waals surface area contributed by atoms with Crippen LogP contribution in [0.2, 0.25) is 0 Å². The average molecular weight is 340 g/mol. The van der Waals surface area contributed by atoms with Crippen LogP contribution in [-0.4, -0.2) is 12.3 Å². The van der Waals surface area contributed by atoms with E-state index in [1.807, 2.05) is 23.1 Å². The number of benzene rings is 1. The van der Waals surface area contributed by atoms with Crippen molar-refractivity contribution in [2.45, 2.75) is 22.6 Å². The van der Waals surface area contributed by atoms with Crippen molar-refractivity contribution in [1.29, 1.82) is 0 Å². The van der Waals surface area contributed by atoms with Gasteiger partial charge in [-0.05, 0) is 52.5 Å². The molecule has 3 rings (SSSR count). The van der Waals surface area contributed by atoms with Crippen LogP contribution in [0.25, 0.3) is 0 Å². The van der Waals surface area contributed by atoms with Crippen LogP contribution in [0.4, 0.5) is 0 Å². The van der Waals surface area contributed by atoms with Crippen molar-refractivity contribution in [3.05, 3.63) is 50.6 Å². The van der Waals surface area contributed by atoms with Gasteiger partial charge in [-0.25, -0.2) is 0 Å². The van der Waals surface area contributed by atoms with Crippen LogP contribution in [0.3, 0.4) is 0 Å². The molecule has 4 heteroatoms. The Morgan fingerprint density at radius 2 is 2.17 bits per heavy atom. The quantitative estimate of drug-likeness (QED) is 0.884. The molecular formula is C14H14BrNS2. The van der Waals surface area contributed by atoms with Gasteiger partial charge >= 0.3 is 0 Å². The predicted octanol–water partition coefficient (Wildman–Crippen LogP) is 4.49. The zero-order valence-corrected chi connectivity index (χ0v) is 13.2. The Kier molecular flexibility index (Phi) is 3.80. The maximum absolute atomic E-state index is 3.65. The largest absolute Gasteiger partial charge is 0.311 e. The van der Waals surface area contributed by atoms with Gasteiger partial charge in [0.25, 0.3) is 0 Å². The number of fused-ring (bicyclic) bond motifs is 1. The topological polar surface area (TPSA) is 12.0 Å². The number of rotatable bonds is 3. The minimum atomic E-state index is 0.414. The summed E-state index contributed by atoms with van der Waals surface area (Å²) in [5, 5.41) is 6.22. The Morgan fingerprint density at radius 1 is 1.33 bits per heavy atom. The van der Waals surface area contributed by atoms with Crippen LogP contribution in [0.15, 0.2) is 45.1 Å². The molecule has 2 aromatic rings. The molecular weight excluding hydrogens is 326 g/mol. The van der Waals surface area contributed by atoms with Gasteiger partial charge in [0.2, 0.25) is 0 Å². The van der Waals surface area contributed by atoms with Gasteiger partial charge < -0.3 is 5.32 Å². The molecule has 1 aliphatic heterocycles. The highest BCUT2D eigenvalue weighted by molar-refractivity contribution is 9.10. The molecule has 1 aromatic carbocycles. The Morgan fingerprint density at radius 3 is 2.83 bits per heavy atom. The predicted molar refractivity (Wildman–Crippen MR) is 83.6 cm³/mol. The molecule has 2 heterocycles. The normalized spacial score (nSPS) is 19.8. The minimum absolute atomic E-state index is 0.414. The van der Waals surface area contributed by atoms with E-state index in [1.54, 1.807) is 0 Å². The lowest BCUT2D eigenvalue weighted by atomic mass is 10.0. The van der Waals surface area contributed by atoms with Crippen LogP contribution >= 0.6 is 39.0 Å². The number of hydrogen-bond acceptors (Lipinski definition) is 3. The van der Waals surface area contributed by atoms with Gasteiger partial charge in [0.1, 0.15) is 0 Å². The summed E-state index contributed by atoms with van der Waals surface area (Å²) >= 11 is 7.48. The van der Waals surface area contributed by atoms with Gasteiger partial charge in [-0.2, -0.15) is 0 Å². The second-order valence-corrected chi connectivity index (χ2v) is 7.45. The van der Waals surface area contributed by atoms with Gasteiger partial charge in [-0.1, -0.05) is 18.2 Å². The number of halogens is 1. The summed E-state index contributed by atoms with van der Waals surface area (Å²) in [6, 6.07) is 11.3. The summed E-state index contributed by atoms with van der Waals surface area (Å²) in [6.45, 7) is 0. The van der Waals surface area contributed by atoms with Crippen LogP contribution in [0.5, 0.6) is 0 Å². The van der Waals surface area contributed by atoms with Crippen molar-refractivity contribution in [1.82, 2.24) is 5.32 Å². The molecule has 18 heavy (non-hydrogen) atoms. The summed E-state index contributed by atoms with van der Waals surface area (Å²) in [4.78, 5) is 2.85. The molecule has 1 aliphatic rings. The third-order valence-electron chi connectivity index (χ3n) is 3.28. The number of hydrogen-bond donors (Lipinski definition) is 1. The summed E-state index contributed by atoms with van der Waals surface area (Å²) in [5.74, 6) is 0. The van der Waals surface area contributed by atoms with Crippen LogP contribution in [0.1, 0.15) is 16.5 Å². The van der Waals surface area contributed by atoms with E-state index in [4.69, 9.17) is 0 Å². The highest BCUT2D eigenvalue weighted by Gasteiger charge is 2.31. The summed E-state index contributed by atoms with van der Waals surface area (Å²) < 4.78 is 1.23. The molecule has 0 radical (unpaired) electrons. The molecule has 0 saturated carbocycles. The van der Waals surface area contributed by atoms with E-state index in [9.17, 15) is 0 Å². The lowest BCUT2D eigenvalue weighted by Gasteiger charge is -2.21. The molecule has 2 atom stereocenters. The first-order valence-electron chi connectivity index (χ1n) is 5.94. The fraction of sp³-hybridized carbons (Fsp3) is 0.286. The first-order chi connectivity index (χ1) is 8.79. The molecule has 1 aromatic heterocycles. The lowest BCUT2D eigenvalue weighted by Crippen LogP contribution is -2.26. The number of nitrogens with one attached hydrogen (secondary N) is 1. The zero-order valence-electron chi connectivity index (χ0n) is 10.0. The van der Waals surface area contributed by atoms with Crippen molar-refractivity contribution in [3.63, 3.8) is 0 Å². The van der Waals surface area contributed by atoms with Crippen molar-refractivity contribution in [2.24, 2.45) is 0 Å². The molecule has 1 N–H and O–H groups in total. The summed E-state index contributed by atoms with van der Waals surface area (Å²) in [5.41, 5.74) is 1.49. The van der Waals surface area contributed by atoms with E-state index >= 15 is 0 Å². The maximum Gasteiger partial charge on any atom is 0.0551 e. The third-order valence-corrected chi connectivity index (χ3v) is 6.63. The van der Waals surface area contributed by atoms with Gasteiger partial charge in [-0.3, -0.25) is 0 Å². The highest BCUT2D eigenvalue weighted by atomic mass is 79.9. The molecule has 0 aliphatic carbocycles. The number of thiophene rings is 1. The van der Waals surface area contributed by atoms with Gasteiger partial charge in [-0.15, -0.1) is 23.1 Å². The SMILES string of the molecule is CNC(c1sccc1Br)C1Cc2ccccc2S1. The van der Waals surface area contributed by atoms with E-state index in [0.29, 0.717) is 11.3 Å². The first kappa shape index (κ1) is 12.7.